The van der Waals surface area contributed by atoms with Crippen LogP contribution in [0.5, 0.6) is 0 Å². The maximum atomic E-state index is 12.2. The molecule has 1 aromatic heterocycles. The van der Waals surface area contributed by atoms with Crippen LogP contribution in [-0.4, -0.2) is 12.5 Å². The van der Waals surface area contributed by atoms with Gasteiger partial charge in [-0.2, -0.15) is 0 Å². The highest BCUT2D eigenvalue weighted by molar-refractivity contribution is 7.10. The summed E-state index contributed by atoms with van der Waals surface area (Å²) in [4.78, 5) is 13.4. The molecule has 17 heavy (non-hydrogen) atoms. The Morgan fingerprint density at radius 1 is 1.65 bits per heavy atom. The summed E-state index contributed by atoms with van der Waals surface area (Å²) in [5.41, 5.74) is 5.71. The minimum absolute atomic E-state index is 0.113. The van der Waals surface area contributed by atoms with Gasteiger partial charge in [0.1, 0.15) is 0 Å². The highest BCUT2D eigenvalue weighted by Gasteiger charge is 2.32. The molecule has 1 amide bonds. The fraction of sp³-hybridized carbons (Fsp3) is 0.615. The van der Waals surface area contributed by atoms with Crippen molar-refractivity contribution in [3.63, 3.8) is 0 Å². The normalized spacial score (nSPS) is 25.8. The molecule has 1 fully saturated rings. The van der Waals surface area contributed by atoms with Crippen molar-refractivity contribution in [1.82, 2.24) is 5.32 Å². The predicted molar refractivity (Wildman–Crippen MR) is 70.8 cm³/mol. The van der Waals surface area contributed by atoms with Crippen LogP contribution in [0.15, 0.2) is 17.5 Å². The quantitative estimate of drug-likeness (QED) is 0.864. The number of carbonyl (C=O) groups excluding carboxylic acids is 1. The first kappa shape index (κ1) is 12.6. The van der Waals surface area contributed by atoms with E-state index in [0.29, 0.717) is 12.5 Å². The second-order valence-electron chi connectivity index (χ2n) is 4.78. The van der Waals surface area contributed by atoms with E-state index in [9.17, 15) is 4.79 Å². The van der Waals surface area contributed by atoms with Gasteiger partial charge in [-0.1, -0.05) is 12.5 Å². The Bertz CT molecular complexity index is 364. The molecule has 0 aliphatic heterocycles. The summed E-state index contributed by atoms with van der Waals surface area (Å²) in [5.74, 6) is 0.687. The maximum Gasteiger partial charge on any atom is 0.223 e. The molecule has 3 atom stereocenters. The van der Waals surface area contributed by atoms with Crippen molar-refractivity contribution in [3.8, 4) is 0 Å². The number of hydrogen-bond acceptors (Lipinski definition) is 3. The summed E-state index contributed by atoms with van der Waals surface area (Å²) >= 11 is 1.68. The highest BCUT2D eigenvalue weighted by Crippen LogP contribution is 2.31. The van der Waals surface area contributed by atoms with Crippen molar-refractivity contribution in [3.05, 3.63) is 22.4 Å². The molecule has 0 spiro atoms. The van der Waals surface area contributed by atoms with Crippen molar-refractivity contribution in [1.29, 1.82) is 0 Å². The minimum Gasteiger partial charge on any atom is -0.349 e. The van der Waals surface area contributed by atoms with Crippen LogP contribution in [0.4, 0.5) is 0 Å². The average molecular weight is 252 g/mol. The summed E-state index contributed by atoms with van der Waals surface area (Å²) in [5, 5.41) is 5.14. The molecule has 3 nitrogen and oxygen atoms in total. The monoisotopic (exact) mass is 252 g/mol. The zero-order valence-electron chi connectivity index (χ0n) is 10.2. The van der Waals surface area contributed by atoms with E-state index < -0.39 is 0 Å². The lowest BCUT2D eigenvalue weighted by atomic mass is 9.95. The van der Waals surface area contributed by atoms with Gasteiger partial charge in [-0.25, -0.2) is 0 Å². The number of nitrogens with two attached hydrogens (primary N) is 1. The lowest BCUT2D eigenvalue weighted by Crippen LogP contribution is -2.36. The van der Waals surface area contributed by atoms with E-state index in [4.69, 9.17) is 5.73 Å². The first-order valence-corrected chi connectivity index (χ1v) is 7.14. The lowest BCUT2D eigenvalue weighted by Gasteiger charge is -2.20. The van der Waals surface area contributed by atoms with Gasteiger partial charge in [0.15, 0.2) is 0 Å². The van der Waals surface area contributed by atoms with Crippen LogP contribution < -0.4 is 11.1 Å². The molecule has 1 aromatic rings. The molecule has 94 valence electrons. The van der Waals surface area contributed by atoms with Gasteiger partial charge in [-0.15, -0.1) is 11.3 Å². The van der Waals surface area contributed by atoms with E-state index in [1.807, 2.05) is 18.4 Å². The molecule has 1 aliphatic carbocycles. The van der Waals surface area contributed by atoms with E-state index in [1.165, 1.54) is 4.88 Å². The highest BCUT2D eigenvalue weighted by atomic mass is 32.1. The largest absolute Gasteiger partial charge is 0.349 e. The van der Waals surface area contributed by atoms with Gasteiger partial charge in [-0.05, 0) is 43.7 Å². The molecular formula is C13H20N2OS. The standard InChI is InChI=1S/C13H20N2OS/c1-9(12-6-3-7-17-12)15-13(16)11-5-2-4-10(11)8-14/h3,6-7,9-11H,2,4-5,8,14H2,1H3,(H,15,16)/t9?,10-,11-/m1/s1. The van der Waals surface area contributed by atoms with Crippen molar-refractivity contribution in [2.24, 2.45) is 17.6 Å². The maximum absolute atomic E-state index is 12.2. The smallest absolute Gasteiger partial charge is 0.223 e. The lowest BCUT2D eigenvalue weighted by molar-refractivity contribution is -0.126. The molecule has 2 rings (SSSR count). The van der Waals surface area contributed by atoms with Gasteiger partial charge in [0.25, 0.3) is 0 Å². The van der Waals surface area contributed by atoms with E-state index >= 15 is 0 Å². The Morgan fingerprint density at radius 2 is 2.47 bits per heavy atom. The van der Waals surface area contributed by atoms with Gasteiger partial charge < -0.3 is 11.1 Å². The number of amides is 1. The van der Waals surface area contributed by atoms with E-state index in [2.05, 4.69) is 11.4 Å². The fourth-order valence-corrected chi connectivity index (χ4v) is 3.33. The fourth-order valence-electron chi connectivity index (χ4n) is 2.59. The first-order valence-electron chi connectivity index (χ1n) is 6.26. The van der Waals surface area contributed by atoms with Crippen LogP contribution in [0.25, 0.3) is 0 Å². The molecule has 3 N–H and O–H groups in total. The Kier molecular flexibility index (Phi) is 4.18. The van der Waals surface area contributed by atoms with E-state index in [1.54, 1.807) is 11.3 Å². The zero-order chi connectivity index (χ0) is 12.3. The van der Waals surface area contributed by atoms with Crippen molar-refractivity contribution in [2.45, 2.75) is 32.2 Å². The van der Waals surface area contributed by atoms with Gasteiger partial charge >= 0.3 is 0 Å². The molecule has 0 saturated heterocycles. The number of rotatable bonds is 4. The molecule has 1 saturated carbocycles. The summed E-state index contributed by atoms with van der Waals surface area (Å²) in [6.45, 7) is 2.67. The van der Waals surface area contributed by atoms with Crippen LogP contribution in [-0.2, 0) is 4.79 Å². The second-order valence-corrected chi connectivity index (χ2v) is 5.76. The van der Waals surface area contributed by atoms with Crippen molar-refractivity contribution >= 4 is 17.2 Å². The van der Waals surface area contributed by atoms with Crippen LogP contribution in [0.1, 0.15) is 37.1 Å². The Labute approximate surface area is 106 Å². The van der Waals surface area contributed by atoms with Gasteiger partial charge in [0, 0.05) is 10.8 Å². The SMILES string of the molecule is CC(NC(=O)[C@@H]1CCC[C@@H]1CN)c1cccs1. The Hall–Kier alpha value is -0.870. The number of nitrogens with one attached hydrogen (secondary N) is 1. The Balaban J connectivity index is 1.92. The summed E-state index contributed by atoms with van der Waals surface area (Å²) in [6, 6.07) is 4.19. The molecule has 0 radical (unpaired) electrons. The third-order valence-electron chi connectivity index (χ3n) is 3.63. The third-order valence-corrected chi connectivity index (χ3v) is 4.68. The molecular weight excluding hydrogens is 232 g/mol. The first-order chi connectivity index (χ1) is 8.22. The number of carbonyl (C=O) groups is 1. The minimum atomic E-state index is 0.113. The van der Waals surface area contributed by atoms with Gasteiger partial charge in [0.2, 0.25) is 5.91 Å². The van der Waals surface area contributed by atoms with Gasteiger partial charge in [-0.3, -0.25) is 4.79 Å². The van der Waals surface area contributed by atoms with Crippen LogP contribution in [0.2, 0.25) is 0 Å². The Morgan fingerprint density at radius 3 is 3.12 bits per heavy atom. The molecule has 1 heterocycles. The van der Waals surface area contributed by atoms with Crippen LogP contribution in [0, 0.1) is 11.8 Å². The zero-order valence-corrected chi connectivity index (χ0v) is 11.0. The number of hydrogen-bond donors (Lipinski definition) is 2. The summed E-state index contributed by atoms with van der Waals surface area (Å²) in [7, 11) is 0. The summed E-state index contributed by atoms with van der Waals surface area (Å²) in [6.07, 6.45) is 3.22. The molecule has 1 aliphatic rings. The van der Waals surface area contributed by atoms with Crippen LogP contribution in [0.3, 0.4) is 0 Å². The van der Waals surface area contributed by atoms with Crippen molar-refractivity contribution in [2.75, 3.05) is 6.54 Å². The van der Waals surface area contributed by atoms with E-state index in [-0.39, 0.29) is 17.9 Å². The number of thiophene rings is 1. The third kappa shape index (κ3) is 2.87. The second kappa shape index (κ2) is 5.65. The molecule has 0 bridgehead atoms. The predicted octanol–water partition coefficient (Wildman–Crippen LogP) is 2.30. The summed E-state index contributed by atoms with van der Waals surface area (Å²) < 4.78 is 0. The molecule has 4 heteroatoms. The van der Waals surface area contributed by atoms with Crippen LogP contribution >= 0.6 is 11.3 Å². The average Bonchev–Trinajstić information content (AvgIpc) is 2.99. The van der Waals surface area contributed by atoms with Gasteiger partial charge in [0.05, 0.1) is 6.04 Å². The molecule has 0 aromatic carbocycles. The topological polar surface area (TPSA) is 55.1 Å². The van der Waals surface area contributed by atoms with E-state index in [0.717, 1.165) is 19.3 Å². The van der Waals surface area contributed by atoms with Crippen molar-refractivity contribution < 1.29 is 4.79 Å². The molecule has 1 unspecified atom stereocenters.